The van der Waals surface area contributed by atoms with Gasteiger partial charge in [-0.25, -0.2) is 0 Å². The Morgan fingerprint density at radius 1 is 1.04 bits per heavy atom. The maximum Gasteiger partial charge on any atom is 0.494 e. The average molecular weight is 327 g/mol. The number of nitrogens with zero attached hydrogens (tertiary/aromatic N) is 1. The van der Waals surface area contributed by atoms with E-state index in [1.165, 1.54) is 25.1 Å². The van der Waals surface area contributed by atoms with Crippen LogP contribution in [-0.2, 0) is 14.7 Å². The summed E-state index contributed by atoms with van der Waals surface area (Å²) < 4.78 is 12.3. The maximum atomic E-state index is 6.17. The molecule has 2 atom stereocenters. The van der Waals surface area contributed by atoms with E-state index in [1.807, 2.05) is 0 Å². The Morgan fingerprint density at radius 2 is 1.62 bits per heavy atom. The monoisotopic (exact) mass is 327 g/mol. The van der Waals surface area contributed by atoms with Crippen molar-refractivity contribution < 1.29 is 9.31 Å². The lowest BCUT2D eigenvalue weighted by molar-refractivity contribution is 0.00578. The summed E-state index contributed by atoms with van der Waals surface area (Å²) in [5, 5.41) is 0. The van der Waals surface area contributed by atoms with E-state index in [2.05, 4.69) is 70.7 Å². The molecule has 0 radical (unpaired) electrons. The molecule has 130 valence electrons. The predicted molar refractivity (Wildman–Crippen MR) is 98.7 cm³/mol. The smallest absolute Gasteiger partial charge is 0.399 e. The number of rotatable bonds is 3. The first-order valence-corrected chi connectivity index (χ1v) is 9.35. The van der Waals surface area contributed by atoms with E-state index in [9.17, 15) is 0 Å². The molecule has 3 fully saturated rings. The van der Waals surface area contributed by atoms with Gasteiger partial charge in [0.25, 0.3) is 0 Å². The minimum atomic E-state index is -0.278. The Bertz CT molecular complexity index is 624. The van der Waals surface area contributed by atoms with Crippen molar-refractivity contribution in [2.75, 3.05) is 13.1 Å². The summed E-state index contributed by atoms with van der Waals surface area (Å²) in [7, 11) is -0.257. The third-order valence-electron chi connectivity index (χ3n) is 6.91. The quantitative estimate of drug-likeness (QED) is 0.797. The van der Waals surface area contributed by atoms with Crippen LogP contribution in [0, 0.1) is 5.92 Å². The summed E-state index contributed by atoms with van der Waals surface area (Å²) >= 11 is 0. The highest BCUT2D eigenvalue weighted by Crippen LogP contribution is 2.59. The fraction of sp³-hybridized carbons (Fsp3) is 0.700. The fourth-order valence-electron chi connectivity index (χ4n) is 4.31. The summed E-state index contributed by atoms with van der Waals surface area (Å²) in [4.78, 5) is 2.62. The van der Waals surface area contributed by atoms with E-state index in [1.54, 1.807) is 0 Å². The molecule has 0 aromatic heterocycles. The van der Waals surface area contributed by atoms with Gasteiger partial charge in [-0.1, -0.05) is 24.3 Å². The first-order valence-electron chi connectivity index (χ1n) is 9.35. The lowest BCUT2D eigenvalue weighted by Gasteiger charge is -2.32. The molecular weight excluding hydrogens is 297 g/mol. The summed E-state index contributed by atoms with van der Waals surface area (Å²) in [6.07, 6.45) is 1.35. The Kier molecular flexibility index (Phi) is 3.53. The largest absolute Gasteiger partial charge is 0.494 e. The molecule has 1 aromatic rings. The molecule has 0 amide bonds. The van der Waals surface area contributed by atoms with Gasteiger partial charge in [-0.05, 0) is 64.9 Å². The highest BCUT2D eigenvalue weighted by molar-refractivity contribution is 6.62. The molecule has 4 rings (SSSR count). The number of piperidine rings is 1. The molecule has 0 unspecified atom stereocenters. The second-order valence-electron chi connectivity index (χ2n) is 9.29. The molecule has 0 bridgehead atoms. The highest BCUT2D eigenvalue weighted by Gasteiger charge is 2.61. The molecule has 3 aliphatic rings. The number of fused-ring (bicyclic) bond motifs is 1. The molecule has 0 N–H and O–H groups in total. The lowest BCUT2D eigenvalue weighted by atomic mass is 9.78. The topological polar surface area (TPSA) is 21.7 Å². The van der Waals surface area contributed by atoms with Crippen molar-refractivity contribution in [3.8, 4) is 0 Å². The molecule has 1 aliphatic carbocycles. The zero-order valence-corrected chi connectivity index (χ0v) is 15.9. The summed E-state index contributed by atoms with van der Waals surface area (Å²) in [6, 6.07) is 9.69. The molecule has 0 spiro atoms. The van der Waals surface area contributed by atoms with Crippen LogP contribution in [0.4, 0.5) is 0 Å². The normalized spacial score (nSPS) is 34.0. The van der Waals surface area contributed by atoms with Crippen molar-refractivity contribution >= 4 is 12.6 Å². The Hall–Kier alpha value is -0.835. The highest BCUT2D eigenvalue weighted by atomic mass is 16.7. The first kappa shape index (κ1) is 16.6. The molecule has 2 saturated heterocycles. The second-order valence-corrected chi connectivity index (χ2v) is 9.29. The Balaban J connectivity index is 1.51. The van der Waals surface area contributed by atoms with Gasteiger partial charge in [0.1, 0.15) is 0 Å². The van der Waals surface area contributed by atoms with Crippen molar-refractivity contribution in [2.24, 2.45) is 5.92 Å². The van der Waals surface area contributed by atoms with Gasteiger partial charge >= 0.3 is 7.12 Å². The SMILES string of the molecule is CC(C)N1C[C@H]2C[C@@]2(c2ccc(B3OC(C)(C)C(C)(C)O3)cc2)C1. The van der Waals surface area contributed by atoms with E-state index in [4.69, 9.17) is 9.31 Å². The van der Waals surface area contributed by atoms with Gasteiger partial charge in [-0.2, -0.15) is 0 Å². The van der Waals surface area contributed by atoms with Crippen LogP contribution in [0.15, 0.2) is 24.3 Å². The molecule has 24 heavy (non-hydrogen) atoms. The van der Waals surface area contributed by atoms with Crippen LogP contribution < -0.4 is 5.46 Å². The predicted octanol–water partition coefficient (Wildman–Crippen LogP) is 2.97. The van der Waals surface area contributed by atoms with Gasteiger partial charge in [0.2, 0.25) is 0 Å². The third-order valence-corrected chi connectivity index (χ3v) is 6.91. The number of hydrogen-bond donors (Lipinski definition) is 0. The molecular formula is C20H30BNO2. The minimum Gasteiger partial charge on any atom is -0.399 e. The lowest BCUT2D eigenvalue weighted by Crippen LogP contribution is -2.41. The molecule has 2 heterocycles. The van der Waals surface area contributed by atoms with Crippen molar-refractivity contribution in [3.05, 3.63) is 29.8 Å². The van der Waals surface area contributed by atoms with Gasteiger partial charge in [0.15, 0.2) is 0 Å². The van der Waals surface area contributed by atoms with Gasteiger partial charge < -0.3 is 9.31 Å². The van der Waals surface area contributed by atoms with E-state index in [0.29, 0.717) is 11.5 Å². The Morgan fingerprint density at radius 3 is 2.12 bits per heavy atom. The van der Waals surface area contributed by atoms with Crippen LogP contribution in [0.5, 0.6) is 0 Å². The zero-order valence-electron chi connectivity index (χ0n) is 15.9. The van der Waals surface area contributed by atoms with Crippen LogP contribution in [-0.4, -0.2) is 42.4 Å². The van der Waals surface area contributed by atoms with Crippen molar-refractivity contribution in [1.29, 1.82) is 0 Å². The van der Waals surface area contributed by atoms with Crippen LogP contribution in [0.25, 0.3) is 0 Å². The molecule has 2 aliphatic heterocycles. The van der Waals surface area contributed by atoms with Gasteiger partial charge in [-0.15, -0.1) is 0 Å². The van der Waals surface area contributed by atoms with Crippen molar-refractivity contribution in [2.45, 2.75) is 70.6 Å². The third kappa shape index (κ3) is 2.38. The summed E-state index contributed by atoms with van der Waals surface area (Å²) in [5.74, 6) is 0.850. The zero-order chi connectivity index (χ0) is 17.3. The number of likely N-dealkylation sites (tertiary alicyclic amines) is 1. The standard InChI is InChI=1S/C20H30BNO2/c1-14(2)22-12-16-11-20(16,13-22)15-7-9-17(10-8-15)21-23-18(3,4)19(5,6)24-21/h7-10,14,16H,11-13H2,1-6H3/t16-,20+/m1/s1. The molecule has 1 aromatic carbocycles. The molecule has 4 heteroatoms. The fourth-order valence-corrected chi connectivity index (χ4v) is 4.31. The van der Waals surface area contributed by atoms with Gasteiger partial charge in [0, 0.05) is 24.5 Å². The Labute approximate surface area is 146 Å². The van der Waals surface area contributed by atoms with Crippen LogP contribution in [0.3, 0.4) is 0 Å². The first-order chi connectivity index (χ1) is 11.1. The average Bonchev–Trinajstić information content (AvgIpc) is 2.98. The van der Waals surface area contributed by atoms with Crippen molar-refractivity contribution in [1.82, 2.24) is 4.90 Å². The summed E-state index contributed by atoms with van der Waals surface area (Å²) in [5.41, 5.74) is 2.49. The van der Waals surface area contributed by atoms with Gasteiger partial charge in [-0.3, -0.25) is 4.90 Å². The number of hydrogen-bond acceptors (Lipinski definition) is 3. The molecule has 1 saturated carbocycles. The van der Waals surface area contributed by atoms with Crippen molar-refractivity contribution in [3.63, 3.8) is 0 Å². The van der Waals surface area contributed by atoms with Gasteiger partial charge in [0.05, 0.1) is 11.2 Å². The van der Waals surface area contributed by atoms with E-state index >= 15 is 0 Å². The minimum absolute atomic E-state index is 0.257. The van der Waals surface area contributed by atoms with Crippen LogP contribution in [0.1, 0.15) is 53.5 Å². The maximum absolute atomic E-state index is 6.17. The van der Waals surface area contributed by atoms with E-state index in [0.717, 1.165) is 11.4 Å². The summed E-state index contributed by atoms with van der Waals surface area (Å²) in [6.45, 7) is 15.5. The second kappa shape index (κ2) is 5.09. The van der Waals surface area contributed by atoms with Crippen LogP contribution in [0.2, 0.25) is 0 Å². The van der Waals surface area contributed by atoms with E-state index in [-0.39, 0.29) is 18.3 Å². The number of benzene rings is 1. The van der Waals surface area contributed by atoms with Crippen LogP contribution >= 0.6 is 0 Å². The van der Waals surface area contributed by atoms with E-state index < -0.39 is 0 Å². The molecule has 3 nitrogen and oxygen atoms in total.